The van der Waals surface area contributed by atoms with Crippen molar-refractivity contribution in [3.05, 3.63) is 12.2 Å². The van der Waals surface area contributed by atoms with E-state index in [0.29, 0.717) is 19.1 Å². The molecule has 0 radical (unpaired) electrons. The first-order valence-corrected chi connectivity index (χ1v) is 9.98. The fourth-order valence-corrected chi connectivity index (χ4v) is 5.25. The number of amides is 3. The second-order valence-electron chi connectivity index (χ2n) is 8.28. The van der Waals surface area contributed by atoms with E-state index in [9.17, 15) is 14.4 Å². The van der Waals surface area contributed by atoms with Crippen LogP contribution in [0.5, 0.6) is 0 Å². The Bertz CT molecular complexity index is 601. The van der Waals surface area contributed by atoms with Gasteiger partial charge < -0.3 is 10.1 Å². The van der Waals surface area contributed by atoms with Crippen LogP contribution in [0, 0.1) is 29.6 Å². The Kier molecular flexibility index (Phi) is 4.86. The van der Waals surface area contributed by atoms with Gasteiger partial charge in [0.15, 0.2) is 0 Å². The number of imide groups is 1. The number of ether oxygens (including phenoxy) is 1. The Hall–Kier alpha value is -1.69. The van der Waals surface area contributed by atoms with Crippen molar-refractivity contribution in [2.75, 3.05) is 19.7 Å². The Morgan fingerprint density at radius 3 is 2.46 bits per heavy atom. The lowest BCUT2D eigenvalue weighted by Crippen LogP contribution is -2.42. The normalized spacial score (nSPS) is 38.1. The largest absolute Gasteiger partial charge is 0.376 e. The zero-order valence-electron chi connectivity index (χ0n) is 15.4. The molecule has 1 aliphatic heterocycles. The van der Waals surface area contributed by atoms with Gasteiger partial charge in [-0.3, -0.25) is 19.3 Å². The molecule has 4 rings (SSSR count). The third-order valence-electron chi connectivity index (χ3n) is 6.65. The van der Waals surface area contributed by atoms with Crippen LogP contribution in [0.25, 0.3) is 0 Å². The van der Waals surface area contributed by atoms with Gasteiger partial charge in [-0.05, 0) is 37.0 Å². The summed E-state index contributed by atoms with van der Waals surface area (Å²) in [5, 5.41) is 2.78. The van der Waals surface area contributed by atoms with E-state index in [-0.39, 0.29) is 54.0 Å². The number of nitrogens with one attached hydrogen (secondary N) is 1. The minimum Gasteiger partial charge on any atom is -0.376 e. The van der Waals surface area contributed by atoms with Crippen LogP contribution in [-0.4, -0.2) is 48.4 Å². The smallest absolute Gasteiger partial charge is 0.240 e. The molecule has 3 fully saturated rings. The van der Waals surface area contributed by atoms with Gasteiger partial charge in [-0.1, -0.05) is 31.9 Å². The molecule has 0 aromatic rings. The summed E-state index contributed by atoms with van der Waals surface area (Å²) in [5.41, 5.74) is 0. The summed E-state index contributed by atoms with van der Waals surface area (Å²) in [4.78, 5) is 38.5. The maximum absolute atomic E-state index is 12.6. The van der Waals surface area contributed by atoms with Crippen LogP contribution in [-0.2, 0) is 19.1 Å². The molecule has 6 atom stereocenters. The van der Waals surface area contributed by atoms with E-state index in [1.807, 2.05) is 0 Å². The monoisotopic (exact) mass is 360 g/mol. The van der Waals surface area contributed by atoms with Gasteiger partial charge >= 0.3 is 0 Å². The van der Waals surface area contributed by atoms with E-state index in [2.05, 4.69) is 24.4 Å². The third kappa shape index (κ3) is 3.08. The Morgan fingerprint density at radius 2 is 1.81 bits per heavy atom. The summed E-state index contributed by atoms with van der Waals surface area (Å²) < 4.78 is 5.88. The fourth-order valence-electron chi connectivity index (χ4n) is 5.25. The molecule has 142 valence electrons. The van der Waals surface area contributed by atoms with Crippen molar-refractivity contribution in [2.24, 2.45) is 29.6 Å². The molecule has 6 heteroatoms. The third-order valence-corrected chi connectivity index (χ3v) is 6.65. The number of rotatable bonds is 6. The molecule has 3 amide bonds. The van der Waals surface area contributed by atoms with Gasteiger partial charge in [0.1, 0.15) is 6.54 Å². The van der Waals surface area contributed by atoms with E-state index < -0.39 is 0 Å². The first-order chi connectivity index (χ1) is 12.6. The SMILES string of the molecule is C[C@@H]1CCCC[C@@H]1OCCNC(=O)CN1C(=O)[C@H]2[C@H](C1=O)[C@H]1C=C[C@H]2C1. The van der Waals surface area contributed by atoms with Gasteiger partial charge in [-0.25, -0.2) is 0 Å². The average molecular weight is 360 g/mol. The lowest BCUT2D eigenvalue weighted by Gasteiger charge is -2.28. The summed E-state index contributed by atoms with van der Waals surface area (Å²) in [6.07, 6.45) is 10.1. The summed E-state index contributed by atoms with van der Waals surface area (Å²) in [7, 11) is 0. The average Bonchev–Trinajstić information content (AvgIpc) is 3.30. The molecule has 0 aromatic heterocycles. The Balaban J connectivity index is 1.22. The molecular formula is C20H28N2O4. The minimum absolute atomic E-state index is 0.163. The van der Waals surface area contributed by atoms with Crippen LogP contribution in [0.4, 0.5) is 0 Å². The van der Waals surface area contributed by atoms with Crippen LogP contribution >= 0.6 is 0 Å². The predicted octanol–water partition coefficient (Wildman–Crippen LogP) is 1.50. The van der Waals surface area contributed by atoms with E-state index in [1.165, 1.54) is 24.2 Å². The summed E-state index contributed by atoms with van der Waals surface area (Å²) in [6, 6.07) is 0. The molecule has 0 unspecified atom stereocenters. The maximum Gasteiger partial charge on any atom is 0.240 e. The van der Waals surface area contributed by atoms with Crippen molar-refractivity contribution in [1.82, 2.24) is 10.2 Å². The molecule has 26 heavy (non-hydrogen) atoms. The highest BCUT2D eigenvalue weighted by molar-refractivity contribution is 6.08. The second-order valence-corrected chi connectivity index (χ2v) is 8.28. The molecular weight excluding hydrogens is 332 g/mol. The van der Waals surface area contributed by atoms with Crippen molar-refractivity contribution in [3.8, 4) is 0 Å². The molecule has 2 bridgehead atoms. The van der Waals surface area contributed by atoms with E-state index in [4.69, 9.17) is 4.74 Å². The van der Waals surface area contributed by atoms with Gasteiger partial charge in [0.05, 0.1) is 24.5 Å². The highest BCUT2D eigenvalue weighted by atomic mass is 16.5. The maximum atomic E-state index is 12.6. The lowest BCUT2D eigenvalue weighted by molar-refractivity contribution is -0.144. The lowest BCUT2D eigenvalue weighted by atomic mass is 9.85. The van der Waals surface area contributed by atoms with E-state index in [1.54, 1.807) is 0 Å². The standard InChI is InChI=1S/C20H28N2O4/c1-12-4-2-3-5-15(12)26-9-8-21-16(23)11-22-19(24)17-13-6-7-14(10-13)18(17)20(22)25/h6-7,12-15,17-18H,2-5,8-11H2,1H3,(H,21,23)/t12-,13+,14+,15+,17-,18-/m1/s1. The molecule has 2 saturated carbocycles. The predicted molar refractivity (Wildman–Crippen MR) is 94.8 cm³/mol. The first-order valence-electron chi connectivity index (χ1n) is 9.98. The van der Waals surface area contributed by atoms with E-state index >= 15 is 0 Å². The van der Waals surface area contributed by atoms with Gasteiger partial charge in [-0.2, -0.15) is 0 Å². The van der Waals surface area contributed by atoms with Crippen molar-refractivity contribution in [3.63, 3.8) is 0 Å². The van der Waals surface area contributed by atoms with Gasteiger partial charge in [0.25, 0.3) is 0 Å². The van der Waals surface area contributed by atoms with Gasteiger partial charge in [0, 0.05) is 6.54 Å². The number of likely N-dealkylation sites (tertiary alicyclic amines) is 1. The van der Waals surface area contributed by atoms with Crippen molar-refractivity contribution >= 4 is 17.7 Å². The zero-order valence-corrected chi connectivity index (χ0v) is 15.4. The summed E-state index contributed by atoms with van der Waals surface area (Å²) >= 11 is 0. The van der Waals surface area contributed by atoms with Crippen molar-refractivity contribution < 1.29 is 19.1 Å². The number of hydrogen-bond acceptors (Lipinski definition) is 4. The van der Waals surface area contributed by atoms with Crippen LogP contribution < -0.4 is 5.32 Å². The topological polar surface area (TPSA) is 75.7 Å². The van der Waals surface area contributed by atoms with Gasteiger partial charge in [0.2, 0.25) is 17.7 Å². The number of nitrogens with zero attached hydrogens (tertiary/aromatic N) is 1. The van der Waals surface area contributed by atoms with Crippen LogP contribution in [0.3, 0.4) is 0 Å². The van der Waals surface area contributed by atoms with Crippen LogP contribution in [0.15, 0.2) is 12.2 Å². The van der Waals surface area contributed by atoms with Crippen LogP contribution in [0.2, 0.25) is 0 Å². The van der Waals surface area contributed by atoms with Crippen molar-refractivity contribution in [1.29, 1.82) is 0 Å². The summed E-state index contributed by atoms with van der Waals surface area (Å²) in [6.45, 7) is 2.94. The number of carbonyl (C=O) groups excluding carboxylic acids is 3. The number of hydrogen-bond donors (Lipinski definition) is 1. The molecule has 0 aromatic carbocycles. The molecule has 3 aliphatic carbocycles. The highest BCUT2D eigenvalue weighted by Gasteiger charge is 2.59. The molecule has 6 nitrogen and oxygen atoms in total. The quantitative estimate of drug-likeness (QED) is 0.443. The molecule has 1 N–H and O–H groups in total. The zero-order chi connectivity index (χ0) is 18.3. The van der Waals surface area contributed by atoms with Crippen molar-refractivity contribution in [2.45, 2.75) is 45.1 Å². The second kappa shape index (κ2) is 7.14. The molecule has 0 spiro atoms. The Morgan fingerprint density at radius 1 is 1.15 bits per heavy atom. The number of fused-ring (bicyclic) bond motifs is 5. The molecule has 4 aliphatic rings. The van der Waals surface area contributed by atoms with Crippen LogP contribution in [0.1, 0.15) is 39.0 Å². The minimum atomic E-state index is -0.285. The Labute approximate surface area is 154 Å². The first kappa shape index (κ1) is 17.7. The molecule has 1 saturated heterocycles. The highest BCUT2D eigenvalue weighted by Crippen LogP contribution is 2.52. The number of allylic oxidation sites excluding steroid dienone is 2. The van der Waals surface area contributed by atoms with Gasteiger partial charge in [-0.15, -0.1) is 0 Å². The fraction of sp³-hybridized carbons (Fsp3) is 0.750. The van der Waals surface area contributed by atoms with E-state index in [0.717, 1.165) is 12.8 Å². The molecule has 1 heterocycles. The number of carbonyl (C=O) groups is 3. The summed E-state index contributed by atoms with van der Waals surface area (Å²) in [5.74, 6) is -0.155.